The van der Waals surface area contributed by atoms with Crippen molar-refractivity contribution in [2.75, 3.05) is 0 Å². The van der Waals surface area contributed by atoms with Gasteiger partial charge in [0.15, 0.2) is 0 Å². The topological polar surface area (TPSA) is 68.3 Å². The zero-order valence-corrected chi connectivity index (χ0v) is 20.4. The van der Waals surface area contributed by atoms with Gasteiger partial charge in [-0.25, -0.2) is 16.8 Å². The first-order chi connectivity index (χ1) is 15.1. The first kappa shape index (κ1) is 22.2. The molecule has 32 heavy (non-hydrogen) atoms. The molecule has 2 aromatic carbocycles. The number of halogens is 2. The van der Waals surface area contributed by atoms with E-state index in [1.807, 2.05) is 12.2 Å². The van der Waals surface area contributed by atoms with Crippen molar-refractivity contribution in [1.29, 1.82) is 0 Å². The predicted octanol–water partition coefficient (Wildman–Crippen LogP) is 6.36. The number of hydrogen-bond acceptors (Lipinski definition) is 4. The van der Waals surface area contributed by atoms with Crippen molar-refractivity contribution < 1.29 is 16.8 Å². The molecule has 3 aliphatic carbocycles. The van der Waals surface area contributed by atoms with E-state index in [4.69, 9.17) is 23.2 Å². The number of hydrogen-bond donors (Lipinski definition) is 0. The molecule has 0 bridgehead atoms. The first-order valence-corrected chi connectivity index (χ1v) is 14.3. The summed E-state index contributed by atoms with van der Waals surface area (Å²) in [6.45, 7) is 0. The molecule has 0 aromatic heterocycles. The Hall–Kier alpha value is -1.60. The molecule has 0 aliphatic heterocycles. The van der Waals surface area contributed by atoms with Crippen LogP contribution in [0.25, 0.3) is 0 Å². The lowest BCUT2D eigenvalue weighted by molar-refractivity contribution is 0.110. The molecule has 0 N–H and O–H groups in total. The molecule has 1 saturated carbocycles. The van der Waals surface area contributed by atoms with Crippen LogP contribution in [0.4, 0.5) is 0 Å². The van der Waals surface area contributed by atoms with Gasteiger partial charge in [-0.05, 0) is 74.2 Å². The SMILES string of the molecule is O=S(=O)(C1=CC23CCCCC2(C=C(S(=O)(=O)c2ccc(Cl)cc2)C3)C1)c1ccc(Cl)cc1. The van der Waals surface area contributed by atoms with E-state index in [0.717, 1.165) is 25.7 Å². The average Bonchev–Trinajstić information content (AvgIpc) is 3.27. The Morgan fingerprint density at radius 2 is 0.938 bits per heavy atom. The second-order valence-corrected chi connectivity index (χ2v) is 13.9. The van der Waals surface area contributed by atoms with Gasteiger partial charge in [-0.2, -0.15) is 0 Å². The minimum absolute atomic E-state index is 0.218. The normalized spacial score (nSPS) is 27.4. The second kappa shape index (κ2) is 7.45. The van der Waals surface area contributed by atoms with Crippen LogP contribution in [0.1, 0.15) is 38.5 Å². The molecule has 2 atom stereocenters. The van der Waals surface area contributed by atoms with Crippen LogP contribution in [0.5, 0.6) is 0 Å². The van der Waals surface area contributed by atoms with E-state index in [1.54, 1.807) is 24.3 Å². The Balaban J connectivity index is 1.55. The highest BCUT2D eigenvalue weighted by Crippen LogP contribution is 2.68. The van der Waals surface area contributed by atoms with Crippen LogP contribution >= 0.6 is 23.2 Å². The van der Waals surface area contributed by atoms with Crippen molar-refractivity contribution in [3.05, 3.63) is 80.5 Å². The fraction of sp³-hybridized carbons (Fsp3) is 0.333. The smallest absolute Gasteiger partial charge is 0.202 e. The minimum atomic E-state index is -3.67. The number of allylic oxidation sites excluding steroid dienone is 4. The van der Waals surface area contributed by atoms with E-state index in [-0.39, 0.29) is 9.79 Å². The molecule has 8 heteroatoms. The highest BCUT2D eigenvalue weighted by atomic mass is 35.5. The first-order valence-electron chi connectivity index (χ1n) is 10.5. The van der Waals surface area contributed by atoms with E-state index >= 15 is 0 Å². The van der Waals surface area contributed by atoms with Gasteiger partial charge in [0.05, 0.1) is 9.79 Å². The maximum absolute atomic E-state index is 13.4. The van der Waals surface area contributed by atoms with Crippen LogP contribution in [0.3, 0.4) is 0 Å². The molecule has 4 nitrogen and oxygen atoms in total. The van der Waals surface area contributed by atoms with Crippen molar-refractivity contribution in [3.8, 4) is 0 Å². The molecule has 0 spiro atoms. The van der Waals surface area contributed by atoms with Crippen LogP contribution in [0.15, 0.2) is 80.3 Å². The molecule has 0 heterocycles. The van der Waals surface area contributed by atoms with E-state index in [2.05, 4.69) is 0 Å². The van der Waals surface area contributed by atoms with E-state index in [0.29, 0.717) is 32.7 Å². The fourth-order valence-corrected chi connectivity index (χ4v) is 9.16. The summed E-state index contributed by atoms with van der Waals surface area (Å²) in [4.78, 5) is 1.22. The summed E-state index contributed by atoms with van der Waals surface area (Å²) >= 11 is 11.9. The number of rotatable bonds is 4. The van der Waals surface area contributed by atoms with Crippen LogP contribution < -0.4 is 0 Å². The summed E-state index contributed by atoms with van der Waals surface area (Å²) in [7, 11) is -7.33. The Kier molecular flexibility index (Phi) is 5.17. The van der Waals surface area contributed by atoms with Crippen molar-refractivity contribution in [2.24, 2.45) is 10.8 Å². The van der Waals surface area contributed by atoms with Gasteiger partial charge >= 0.3 is 0 Å². The quantitative estimate of drug-likeness (QED) is 0.481. The maximum atomic E-state index is 13.4. The molecule has 2 unspecified atom stereocenters. The monoisotopic (exact) mass is 508 g/mol. The van der Waals surface area contributed by atoms with Crippen LogP contribution in [-0.2, 0) is 19.7 Å². The molecule has 5 rings (SSSR count). The van der Waals surface area contributed by atoms with E-state index < -0.39 is 30.5 Å². The summed E-state index contributed by atoms with van der Waals surface area (Å²) in [5, 5.41) is 0.958. The molecule has 0 radical (unpaired) electrons. The summed E-state index contributed by atoms with van der Waals surface area (Å²) < 4.78 is 53.5. The molecule has 0 amide bonds. The van der Waals surface area contributed by atoms with Gasteiger partial charge in [0.2, 0.25) is 19.7 Å². The molecule has 3 aliphatic rings. The fourth-order valence-electron chi connectivity index (χ4n) is 5.66. The standard InChI is InChI=1S/C24H22Cl2O4S2/c25-17-3-7-19(8-4-17)31(27,28)21-13-23-11-1-2-12-24(23,15-21)16-22(14-23)32(29,30)20-9-5-18(26)6-10-20/h3-10,13,16H,1-2,11-12,14-15H2. The third kappa shape index (κ3) is 3.30. The third-order valence-corrected chi connectivity index (χ3v) is 11.5. The average molecular weight is 509 g/mol. The third-order valence-electron chi connectivity index (χ3n) is 7.28. The van der Waals surface area contributed by atoms with Gasteiger partial charge < -0.3 is 0 Å². The van der Waals surface area contributed by atoms with Crippen molar-refractivity contribution in [2.45, 2.75) is 48.3 Å². The van der Waals surface area contributed by atoms with Crippen LogP contribution in [-0.4, -0.2) is 16.8 Å². The number of benzene rings is 2. The Morgan fingerprint density at radius 1 is 0.594 bits per heavy atom. The molecular formula is C24H22Cl2O4S2. The van der Waals surface area contributed by atoms with Crippen LogP contribution in [0.2, 0.25) is 10.0 Å². The lowest BCUT2D eigenvalue weighted by Crippen LogP contribution is -2.35. The van der Waals surface area contributed by atoms with E-state index in [9.17, 15) is 16.8 Å². The highest BCUT2D eigenvalue weighted by Gasteiger charge is 2.60. The molecule has 2 aromatic rings. The van der Waals surface area contributed by atoms with Gasteiger partial charge in [0.25, 0.3) is 0 Å². The largest absolute Gasteiger partial charge is 0.219 e. The summed E-state index contributed by atoms with van der Waals surface area (Å²) in [6.07, 6.45) is 7.87. The van der Waals surface area contributed by atoms with Gasteiger partial charge in [0.1, 0.15) is 0 Å². The maximum Gasteiger partial charge on any atom is 0.202 e. The van der Waals surface area contributed by atoms with Gasteiger partial charge in [-0.15, -0.1) is 0 Å². The summed E-state index contributed by atoms with van der Waals surface area (Å²) in [5.41, 5.74) is -0.955. The second-order valence-electron chi connectivity index (χ2n) is 9.01. The van der Waals surface area contributed by atoms with Crippen molar-refractivity contribution in [1.82, 2.24) is 0 Å². The van der Waals surface area contributed by atoms with E-state index in [1.165, 1.54) is 24.3 Å². The Labute approximate surface area is 198 Å². The van der Waals surface area contributed by atoms with Crippen molar-refractivity contribution in [3.63, 3.8) is 0 Å². The zero-order valence-electron chi connectivity index (χ0n) is 17.2. The van der Waals surface area contributed by atoms with Crippen LogP contribution in [0, 0.1) is 10.8 Å². The predicted molar refractivity (Wildman–Crippen MR) is 126 cm³/mol. The van der Waals surface area contributed by atoms with Gasteiger partial charge in [-0.1, -0.05) is 48.2 Å². The highest BCUT2D eigenvalue weighted by molar-refractivity contribution is 7.95. The molecular weight excluding hydrogens is 487 g/mol. The number of sulfone groups is 2. The summed E-state index contributed by atoms with van der Waals surface area (Å²) in [5.74, 6) is 0. The Bertz CT molecular complexity index is 1250. The molecule has 1 fully saturated rings. The van der Waals surface area contributed by atoms with Gasteiger partial charge in [-0.3, -0.25) is 0 Å². The summed E-state index contributed by atoms with van der Waals surface area (Å²) in [6, 6.07) is 12.4. The minimum Gasteiger partial charge on any atom is -0.219 e. The molecule has 168 valence electrons. The molecule has 0 saturated heterocycles. The Morgan fingerprint density at radius 3 is 1.28 bits per heavy atom. The van der Waals surface area contributed by atoms with Gasteiger partial charge in [0, 0.05) is 30.7 Å². The van der Waals surface area contributed by atoms with Crippen molar-refractivity contribution >= 4 is 42.9 Å². The lowest BCUT2D eigenvalue weighted by atomic mass is 9.59. The zero-order chi connectivity index (χ0) is 22.8. The lowest BCUT2D eigenvalue weighted by Gasteiger charge is -2.44.